The number of hydrogen-bond acceptors (Lipinski definition) is 9. The maximum absolute atomic E-state index is 13.3. The molecule has 2 N–H and O–H groups in total. The number of aliphatic hydroxyl groups is 1. The molecule has 53 heavy (non-hydrogen) atoms. The van der Waals surface area contributed by atoms with E-state index in [1.54, 1.807) is 12.1 Å². The minimum absolute atomic E-state index is 0.0322. The van der Waals surface area contributed by atoms with Gasteiger partial charge in [-0.05, 0) is 34.4 Å². The Morgan fingerprint density at radius 3 is 2.06 bits per heavy atom. The van der Waals surface area contributed by atoms with Crippen molar-refractivity contribution in [2.45, 2.75) is 57.6 Å². The molecule has 1 unspecified atom stereocenters. The fourth-order valence-corrected chi connectivity index (χ4v) is 7.26. The van der Waals surface area contributed by atoms with Gasteiger partial charge in [0.2, 0.25) is 5.91 Å². The van der Waals surface area contributed by atoms with Crippen LogP contribution in [0.5, 0.6) is 0 Å². The molecule has 0 aliphatic carbocycles. The first-order chi connectivity index (χ1) is 25.8. The molecule has 0 saturated carbocycles. The summed E-state index contributed by atoms with van der Waals surface area (Å²) in [6.45, 7) is 7.70. The fourth-order valence-electron chi connectivity index (χ4n) is 7.26. The van der Waals surface area contributed by atoms with Gasteiger partial charge in [-0.25, -0.2) is 9.69 Å². The van der Waals surface area contributed by atoms with E-state index in [0.29, 0.717) is 5.69 Å². The Kier molecular flexibility index (Phi) is 11.6. The molecule has 3 aliphatic heterocycles. The van der Waals surface area contributed by atoms with Crippen LogP contribution < -0.4 is 10.2 Å². The summed E-state index contributed by atoms with van der Waals surface area (Å²) in [5.41, 5.74) is 5.13. The van der Waals surface area contributed by atoms with Gasteiger partial charge in [0.1, 0.15) is 12.6 Å². The lowest BCUT2D eigenvalue weighted by molar-refractivity contribution is -0.276. The van der Waals surface area contributed by atoms with E-state index >= 15 is 0 Å². The molecular formula is C42H46N4O7. The summed E-state index contributed by atoms with van der Waals surface area (Å²) in [6, 6.07) is 33.6. The van der Waals surface area contributed by atoms with E-state index in [1.165, 1.54) is 5.56 Å². The third-order valence-electron chi connectivity index (χ3n) is 10.4. The highest BCUT2D eigenvalue weighted by Crippen LogP contribution is 2.42. The number of carbonyl (C=O) groups excluding carboxylic acids is 3. The first-order valence-corrected chi connectivity index (χ1v) is 18.3. The molecule has 3 aliphatic rings. The number of alkyl carbamates (subject to hydrolysis) is 1. The summed E-state index contributed by atoms with van der Waals surface area (Å²) in [5.74, 6) is -0.893. The van der Waals surface area contributed by atoms with Crippen molar-refractivity contribution in [1.29, 1.82) is 0 Å². The second-order valence-corrected chi connectivity index (χ2v) is 14.0. The number of rotatable bonds is 11. The highest BCUT2D eigenvalue weighted by Gasteiger charge is 2.42. The standard InChI is InChI=1S/C42H46N4O7/c1-29-37(26-45-22-20-44(21-23-45)25-30-8-4-2-5-9-30)52-41(53-39(29)33-14-12-31(27-47)13-15-33)34-16-18-35(19-17-34)46-38(48)24-36(40(46)49)43-42(50)51-28-32-10-6-3-7-11-32/h2-19,29,36-37,39,41,47H,20-28H2,1H3,(H,43,50)/t29-,36?,37+,39+,41+/m1/s1. The van der Waals surface area contributed by atoms with Crippen molar-refractivity contribution in [3.05, 3.63) is 137 Å². The fraction of sp³-hybridized carbons (Fsp3) is 0.357. The van der Waals surface area contributed by atoms with Crippen LogP contribution in [0.25, 0.3) is 0 Å². The van der Waals surface area contributed by atoms with Gasteiger partial charge in [0, 0.05) is 50.7 Å². The van der Waals surface area contributed by atoms with Crippen molar-refractivity contribution in [2.24, 2.45) is 5.92 Å². The molecule has 3 fully saturated rings. The number of carbonyl (C=O) groups is 3. The van der Waals surface area contributed by atoms with Crippen LogP contribution in [-0.4, -0.2) is 77.7 Å². The Morgan fingerprint density at radius 2 is 1.40 bits per heavy atom. The Bertz CT molecular complexity index is 1830. The number of anilines is 1. The number of amides is 3. The van der Waals surface area contributed by atoms with Crippen LogP contribution in [0, 0.1) is 5.92 Å². The van der Waals surface area contributed by atoms with E-state index < -0.39 is 30.2 Å². The van der Waals surface area contributed by atoms with Crippen LogP contribution in [0.2, 0.25) is 0 Å². The van der Waals surface area contributed by atoms with Crippen LogP contribution in [0.4, 0.5) is 10.5 Å². The van der Waals surface area contributed by atoms with Crippen LogP contribution >= 0.6 is 0 Å². The number of nitrogens with zero attached hydrogens (tertiary/aromatic N) is 3. The third kappa shape index (κ3) is 8.84. The van der Waals surface area contributed by atoms with Crippen LogP contribution in [-0.2, 0) is 43.6 Å². The first-order valence-electron chi connectivity index (χ1n) is 18.3. The van der Waals surface area contributed by atoms with Crippen molar-refractivity contribution in [3.63, 3.8) is 0 Å². The highest BCUT2D eigenvalue weighted by molar-refractivity contribution is 6.22. The van der Waals surface area contributed by atoms with Gasteiger partial charge in [-0.2, -0.15) is 0 Å². The first kappa shape index (κ1) is 36.4. The van der Waals surface area contributed by atoms with Crippen molar-refractivity contribution < 1.29 is 33.7 Å². The second-order valence-electron chi connectivity index (χ2n) is 14.0. The van der Waals surface area contributed by atoms with E-state index in [4.69, 9.17) is 14.2 Å². The predicted octanol–water partition coefficient (Wildman–Crippen LogP) is 5.35. The number of benzene rings is 4. The molecular weight excluding hydrogens is 672 g/mol. The molecule has 3 amide bonds. The zero-order valence-electron chi connectivity index (χ0n) is 29.9. The van der Waals surface area contributed by atoms with Gasteiger partial charge in [-0.1, -0.05) is 104 Å². The summed E-state index contributed by atoms with van der Waals surface area (Å²) in [4.78, 5) is 44.8. The van der Waals surface area contributed by atoms with E-state index in [0.717, 1.165) is 66.4 Å². The number of aliphatic hydroxyl groups excluding tert-OH is 1. The number of hydrogen-bond donors (Lipinski definition) is 2. The van der Waals surface area contributed by atoms with Gasteiger partial charge in [0.25, 0.3) is 5.91 Å². The minimum Gasteiger partial charge on any atom is -0.445 e. The summed E-state index contributed by atoms with van der Waals surface area (Å²) in [7, 11) is 0. The predicted molar refractivity (Wildman–Crippen MR) is 198 cm³/mol. The summed E-state index contributed by atoms with van der Waals surface area (Å²) >= 11 is 0. The number of piperazine rings is 1. The van der Waals surface area contributed by atoms with Crippen molar-refractivity contribution >= 4 is 23.6 Å². The smallest absolute Gasteiger partial charge is 0.408 e. The largest absolute Gasteiger partial charge is 0.445 e. The molecule has 3 saturated heterocycles. The molecule has 3 heterocycles. The summed E-state index contributed by atoms with van der Waals surface area (Å²) < 4.78 is 18.6. The van der Waals surface area contributed by atoms with Crippen molar-refractivity contribution in [3.8, 4) is 0 Å². The van der Waals surface area contributed by atoms with Gasteiger partial charge in [0.05, 0.1) is 30.9 Å². The van der Waals surface area contributed by atoms with Crippen LogP contribution in [0.1, 0.15) is 53.6 Å². The molecule has 4 aromatic carbocycles. The van der Waals surface area contributed by atoms with Crippen molar-refractivity contribution in [1.82, 2.24) is 15.1 Å². The highest BCUT2D eigenvalue weighted by atomic mass is 16.7. The van der Waals surface area contributed by atoms with Gasteiger partial charge < -0.3 is 24.6 Å². The molecule has 4 aromatic rings. The average Bonchev–Trinajstić information content (AvgIpc) is 3.47. The Balaban J connectivity index is 1.01. The molecule has 11 heteroatoms. The van der Waals surface area contributed by atoms with E-state index in [9.17, 15) is 19.5 Å². The maximum Gasteiger partial charge on any atom is 0.408 e. The van der Waals surface area contributed by atoms with E-state index in [1.807, 2.05) is 72.8 Å². The van der Waals surface area contributed by atoms with Gasteiger partial charge in [-0.3, -0.25) is 19.4 Å². The van der Waals surface area contributed by atoms with E-state index in [-0.39, 0.29) is 37.8 Å². The van der Waals surface area contributed by atoms with E-state index in [2.05, 4.69) is 46.3 Å². The number of imide groups is 1. The number of nitrogens with one attached hydrogen (secondary N) is 1. The normalized spacial score (nSPS) is 24.0. The molecule has 276 valence electrons. The monoisotopic (exact) mass is 718 g/mol. The molecule has 7 rings (SSSR count). The van der Waals surface area contributed by atoms with Crippen molar-refractivity contribution in [2.75, 3.05) is 37.6 Å². The Hall–Kier alpha value is -4.91. The van der Waals surface area contributed by atoms with Gasteiger partial charge in [0.15, 0.2) is 6.29 Å². The lowest BCUT2D eigenvalue weighted by Crippen LogP contribution is -2.51. The average molecular weight is 719 g/mol. The molecule has 11 nitrogen and oxygen atoms in total. The van der Waals surface area contributed by atoms with Crippen LogP contribution in [0.15, 0.2) is 109 Å². The zero-order chi connectivity index (χ0) is 36.7. The molecule has 0 radical (unpaired) electrons. The summed E-state index contributed by atoms with van der Waals surface area (Å²) in [6.07, 6.45) is -2.01. The topological polar surface area (TPSA) is 121 Å². The molecule has 5 atom stereocenters. The lowest BCUT2D eigenvalue weighted by Gasteiger charge is -2.44. The van der Waals surface area contributed by atoms with Gasteiger partial charge >= 0.3 is 6.09 Å². The minimum atomic E-state index is -1.02. The van der Waals surface area contributed by atoms with Crippen LogP contribution in [0.3, 0.4) is 0 Å². The number of ether oxygens (including phenoxy) is 3. The second kappa shape index (κ2) is 16.8. The molecule has 0 spiro atoms. The molecule has 0 bridgehead atoms. The third-order valence-corrected chi connectivity index (χ3v) is 10.4. The zero-order valence-corrected chi connectivity index (χ0v) is 29.9. The lowest BCUT2D eigenvalue weighted by atomic mass is 9.90. The Labute approximate surface area is 310 Å². The maximum atomic E-state index is 13.3. The summed E-state index contributed by atoms with van der Waals surface area (Å²) in [5, 5.41) is 12.2. The SMILES string of the molecule is C[C@@H]1[C@H](CN2CCN(Cc3ccccc3)CC2)O[C@H](c2ccc(N3C(=O)CC(NC(=O)OCc4ccccc4)C3=O)cc2)O[C@@H]1c1ccc(CO)cc1. The van der Waals surface area contributed by atoms with Gasteiger partial charge in [-0.15, -0.1) is 0 Å². The Morgan fingerprint density at radius 1 is 0.774 bits per heavy atom. The molecule has 0 aromatic heterocycles. The quantitative estimate of drug-likeness (QED) is 0.198.